The molecular weight excluding hydrogens is 324 g/mol. The van der Waals surface area contributed by atoms with E-state index in [4.69, 9.17) is 5.41 Å². The summed E-state index contributed by atoms with van der Waals surface area (Å²) in [7, 11) is 0. The van der Waals surface area contributed by atoms with Crippen molar-refractivity contribution in [2.75, 3.05) is 0 Å². The number of non-ortho nitro benzene ring substituents is 1. The van der Waals surface area contributed by atoms with Crippen LogP contribution in [0.5, 0.6) is 0 Å². The quantitative estimate of drug-likeness (QED) is 0.389. The van der Waals surface area contributed by atoms with Gasteiger partial charge in [0.15, 0.2) is 5.84 Å². The van der Waals surface area contributed by atoms with Crippen LogP contribution in [0.3, 0.4) is 0 Å². The van der Waals surface area contributed by atoms with Crippen molar-refractivity contribution in [1.82, 2.24) is 4.98 Å². The second kappa shape index (κ2) is 5.79. The fourth-order valence-corrected chi connectivity index (χ4v) is 2.00. The molecule has 0 atom stereocenters. The van der Waals surface area contributed by atoms with E-state index in [-0.39, 0.29) is 11.5 Å². The van der Waals surface area contributed by atoms with Crippen LogP contribution in [-0.2, 0) is 0 Å². The lowest BCUT2D eigenvalue weighted by atomic mass is 10.1. The number of benzene rings is 1. The molecule has 0 aliphatic carbocycles. The summed E-state index contributed by atoms with van der Waals surface area (Å²) < 4.78 is 0.817. The second-order valence-electron chi connectivity index (χ2n) is 4.12. The van der Waals surface area contributed by atoms with Crippen LogP contribution in [-0.4, -0.2) is 22.0 Å². The van der Waals surface area contributed by atoms with E-state index in [2.05, 4.69) is 25.9 Å². The maximum absolute atomic E-state index is 10.8. The minimum absolute atomic E-state index is 0.0167. The van der Waals surface area contributed by atoms with Crippen LogP contribution in [0, 0.1) is 22.4 Å². The Morgan fingerprint density at radius 3 is 2.80 bits per heavy atom. The van der Waals surface area contributed by atoms with Gasteiger partial charge in [-0.2, -0.15) is 0 Å². The minimum Gasteiger partial charge on any atom is -0.349 e. The van der Waals surface area contributed by atoms with Crippen LogP contribution >= 0.6 is 15.9 Å². The van der Waals surface area contributed by atoms with Gasteiger partial charge in [-0.15, -0.1) is 0 Å². The van der Waals surface area contributed by atoms with E-state index in [1.54, 1.807) is 19.1 Å². The van der Waals surface area contributed by atoms with Gasteiger partial charge < -0.3 is 4.98 Å². The van der Waals surface area contributed by atoms with Crippen molar-refractivity contribution in [3.05, 3.63) is 61.9 Å². The first kappa shape index (κ1) is 14.1. The SMILES string of the molecule is Cc1ccc([N+](=O)[O-])cc1C(=N)N=Cc1ccc(Br)[nH]1. The Morgan fingerprint density at radius 2 is 2.20 bits per heavy atom. The van der Waals surface area contributed by atoms with Crippen LogP contribution < -0.4 is 0 Å². The van der Waals surface area contributed by atoms with E-state index < -0.39 is 4.92 Å². The summed E-state index contributed by atoms with van der Waals surface area (Å²) >= 11 is 3.28. The highest BCUT2D eigenvalue weighted by Gasteiger charge is 2.11. The molecule has 0 saturated carbocycles. The van der Waals surface area contributed by atoms with Crippen LogP contribution in [0.15, 0.2) is 39.9 Å². The molecule has 0 amide bonds. The molecule has 2 aromatic rings. The largest absolute Gasteiger partial charge is 0.349 e. The molecule has 0 bridgehead atoms. The van der Waals surface area contributed by atoms with Crippen molar-refractivity contribution in [2.24, 2.45) is 4.99 Å². The lowest BCUT2D eigenvalue weighted by Crippen LogP contribution is -2.01. The molecule has 0 spiro atoms. The molecule has 102 valence electrons. The molecule has 0 fully saturated rings. The fourth-order valence-electron chi connectivity index (χ4n) is 1.64. The van der Waals surface area contributed by atoms with Crippen molar-refractivity contribution in [3.63, 3.8) is 0 Å². The van der Waals surface area contributed by atoms with Gasteiger partial charge in [0.25, 0.3) is 5.69 Å². The van der Waals surface area contributed by atoms with Crippen LogP contribution in [0.2, 0.25) is 0 Å². The smallest absolute Gasteiger partial charge is 0.270 e. The molecule has 2 N–H and O–H groups in total. The number of nitro groups is 1. The van der Waals surface area contributed by atoms with Gasteiger partial charge in [0.2, 0.25) is 0 Å². The van der Waals surface area contributed by atoms with Crippen molar-refractivity contribution in [2.45, 2.75) is 6.92 Å². The number of H-pyrrole nitrogens is 1. The molecule has 1 aromatic carbocycles. The molecule has 1 heterocycles. The third kappa shape index (κ3) is 3.18. The maximum Gasteiger partial charge on any atom is 0.270 e. The molecule has 20 heavy (non-hydrogen) atoms. The predicted octanol–water partition coefficient (Wildman–Crippen LogP) is 3.44. The number of amidine groups is 1. The summed E-state index contributed by atoms with van der Waals surface area (Å²) in [4.78, 5) is 17.3. The Bertz CT molecular complexity index is 706. The highest BCUT2D eigenvalue weighted by Crippen LogP contribution is 2.18. The molecule has 1 aromatic heterocycles. The number of aromatic amines is 1. The van der Waals surface area contributed by atoms with E-state index in [0.717, 1.165) is 15.9 Å². The van der Waals surface area contributed by atoms with E-state index in [1.165, 1.54) is 18.3 Å². The average Bonchev–Trinajstić information content (AvgIpc) is 2.82. The molecule has 0 unspecified atom stereocenters. The second-order valence-corrected chi connectivity index (χ2v) is 4.98. The lowest BCUT2D eigenvalue weighted by Gasteiger charge is -2.03. The topological polar surface area (TPSA) is 95.1 Å². The first-order valence-electron chi connectivity index (χ1n) is 5.70. The molecule has 6 nitrogen and oxygen atoms in total. The Hall–Kier alpha value is -2.28. The maximum atomic E-state index is 10.8. The third-order valence-corrected chi connectivity index (χ3v) is 3.16. The predicted molar refractivity (Wildman–Crippen MR) is 80.7 cm³/mol. The number of rotatable bonds is 3. The number of aromatic nitrogens is 1. The zero-order valence-corrected chi connectivity index (χ0v) is 12.1. The van der Waals surface area contributed by atoms with Crippen molar-refractivity contribution in [1.29, 1.82) is 5.41 Å². The number of hydrogen-bond acceptors (Lipinski definition) is 3. The Kier molecular flexibility index (Phi) is 4.09. The Balaban J connectivity index is 2.27. The number of aliphatic imine (C=N–C) groups is 1. The van der Waals surface area contributed by atoms with Crippen molar-refractivity contribution in [3.8, 4) is 0 Å². The Labute approximate surface area is 123 Å². The highest BCUT2D eigenvalue weighted by atomic mass is 79.9. The number of hydrogen-bond donors (Lipinski definition) is 2. The summed E-state index contributed by atoms with van der Waals surface area (Å²) in [5, 5.41) is 18.7. The van der Waals surface area contributed by atoms with E-state index in [0.29, 0.717) is 5.56 Å². The van der Waals surface area contributed by atoms with Crippen LogP contribution in [0.1, 0.15) is 16.8 Å². The van der Waals surface area contributed by atoms with Gasteiger partial charge in [-0.1, -0.05) is 6.07 Å². The Morgan fingerprint density at radius 1 is 1.45 bits per heavy atom. The normalized spacial score (nSPS) is 10.9. The molecule has 0 saturated heterocycles. The van der Waals surface area contributed by atoms with Gasteiger partial charge in [0.05, 0.1) is 21.4 Å². The highest BCUT2D eigenvalue weighted by molar-refractivity contribution is 9.10. The van der Waals surface area contributed by atoms with E-state index in [9.17, 15) is 10.1 Å². The van der Waals surface area contributed by atoms with Gasteiger partial charge in [-0.05, 0) is 40.5 Å². The monoisotopic (exact) mass is 334 g/mol. The molecule has 2 rings (SSSR count). The summed E-state index contributed by atoms with van der Waals surface area (Å²) in [5.74, 6) is -0.0167. The van der Waals surface area contributed by atoms with Gasteiger partial charge >= 0.3 is 0 Å². The average molecular weight is 335 g/mol. The van der Waals surface area contributed by atoms with E-state index >= 15 is 0 Å². The minimum atomic E-state index is -0.484. The summed E-state index contributed by atoms with van der Waals surface area (Å²) in [6, 6.07) is 8.02. The van der Waals surface area contributed by atoms with Crippen LogP contribution in [0.4, 0.5) is 5.69 Å². The summed E-state index contributed by atoms with van der Waals surface area (Å²) in [6.45, 7) is 1.79. The summed E-state index contributed by atoms with van der Waals surface area (Å²) in [5.41, 5.74) is 1.91. The lowest BCUT2D eigenvalue weighted by molar-refractivity contribution is -0.384. The standard InChI is InChI=1S/C13H11BrN4O2/c1-8-2-4-10(18(19)20)6-11(8)13(15)16-7-9-3-5-12(14)17-9/h2-7,15,17H,1H3. The molecule has 0 radical (unpaired) electrons. The zero-order chi connectivity index (χ0) is 14.7. The fraction of sp³-hybridized carbons (Fsp3) is 0.0769. The first-order chi connectivity index (χ1) is 9.47. The van der Waals surface area contributed by atoms with Crippen LogP contribution in [0.25, 0.3) is 0 Å². The van der Waals surface area contributed by atoms with Gasteiger partial charge in [-0.25, -0.2) is 4.99 Å². The zero-order valence-electron chi connectivity index (χ0n) is 10.6. The van der Waals surface area contributed by atoms with Gasteiger partial charge in [0, 0.05) is 17.7 Å². The van der Waals surface area contributed by atoms with Crippen molar-refractivity contribution >= 4 is 33.7 Å². The van der Waals surface area contributed by atoms with Gasteiger partial charge in [0.1, 0.15) is 0 Å². The first-order valence-corrected chi connectivity index (χ1v) is 6.49. The molecule has 0 aliphatic rings. The molecular formula is C13H11BrN4O2. The van der Waals surface area contributed by atoms with Crippen molar-refractivity contribution < 1.29 is 4.92 Å². The summed E-state index contributed by atoms with van der Waals surface area (Å²) in [6.07, 6.45) is 1.51. The van der Waals surface area contributed by atoms with E-state index in [1.807, 2.05) is 6.07 Å². The number of nitrogens with one attached hydrogen (secondary N) is 2. The van der Waals surface area contributed by atoms with Gasteiger partial charge in [-0.3, -0.25) is 15.5 Å². The number of aryl methyl sites for hydroxylation is 1. The molecule has 7 heteroatoms. The molecule has 0 aliphatic heterocycles. The number of halogens is 1. The number of nitro benzene ring substituents is 1. The third-order valence-electron chi connectivity index (χ3n) is 2.69. The number of nitrogens with zero attached hydrogens (tertiary/aromatic N) is 2.